The number of benzene rings is 1. The highest BCUT2D eigenvalue weighted by atomic mass is 35.5. The predicted octanol–water partition coefficient (Wildman–Crippen LogP) is 2.78. The van der Waals surface area contributed by atoms with Crippen molar-refractivity contribution in [3.05, 3.63) is 34.6 Å². The van der Waals surface area contributed by atoms with E-state index < -0.39 is 0 Å². The van der Waals surface area contributed by atoms with E-state index >= 15 is 0 Å². The zero-order valence-electron chi connectivity index (χ0n) is 9.38. The summed E-state index contributed by atoms with van der Waals surface area (Å²) < 4.78 is 18.1. The Morgan fingerprint density at radius 3 is 2.88 bits per heavy atom. The Kier molecular flexibility index (Phi) is 5.74. The Balaban J connectivity index is 2.46. The molecule has 0 heterocycles. The first-order valence-corrected chi connectivity index (χ1v) is 5.78. The molecule has 0 radical (unpaired) electrons. The van der Waals surface area contributed by atoms with Crippen molar-refractivity contribution < 1.29 is 9.13 Å². The van der Waals surface area contributed by atoms with Crippen LogP contribution in [0.25, 0.3) is 0 Å². The number of hydrogen-bond acceptors (Lipinski definition) is 2. The highest BCUT2D eigenvalue weighted by Gasteiger charge is 2.08. The number of nitrogens with two attached hydrogens (primary N) is 1. The van der Waals surface area contributed by atoms with Crippen molar-refractivity contribution >= 4 is 11.6 Å². The van der Waals surface area contributed by atoms with Crippen molar-refractivity contribution in [1.82, 2.24) is 0 Å². The molecule has 0 saturated carbocycles. The third-order valence-electron chi connectivity index (χ3n) is 2.18. The van der Waals surface area contributed by atoms with Gasteiger partial charge in [0.1, 0.15) is 5.82 Å². The van der Waals surface area contributed by atoms with Gasteiger partial charge in [-0.3, -0.25) is 0 Å². The molecule has 0 saturated heterocycles. The molecule has 2 nitrogen and oxygen atoms in total. The van der Waals surface area contributed by atoms with Gasteiger partial charge in [-0.2, -0.15) is 0 Å². The maximum atomic E-state index is 12.8. The summed E-state index contributed by atoms with van der Waals surface area (Å²) in [5.74, 6) is -0.329. The third kappa shape index (κ3) is 4.47. The number of hydrogen-bond donors (Lipinski definition) is 1. The fourth-order valence-corrected chi connectivity index (χ4v) is 1.65. The van der Waals surface area contributed by atoms with Gasteiger partial charge in [-0.25, -0.2) is 4.39 Å². The van der Waals surface area contributed by atoms with Gasteiger partial charge in [-0.1, -0.05) is 24.6 Å². The summed E-state index contributed by atoms with van der Waals surface area (Å²) in [7, 11) is 0. The molecule has 0 aliphatic carbocycles. The van der Waals surface area contributed by atoms with E-state index in [1.807, 2.05) is 6.92 Å². The minimum Gasteiger partial charge on any atom is -0.380 e. The summed E-state index contributed by atoms with van der Waals surface area (Å²) in [6.07, 6.45) is 1.58. The molecule has 0 aliphatic rings. The zero-order valence-corrected chi connectivity index (χ0v) is 10.1. The normalized spacial score (nSPS) is 12.8. The first-order chi connectivity index (χ1) is 7.63. The first-order valence-electron chi connectivity index (χ1n) is 5.40. The molecule has 0 aliphatic heterocycles. The molecule has 0 aromatic heterocycles. The van der Waals surface area contributed by atoms with Gasteiger partial charge >= 0.3 is 0 Å². The van der Waals surface area contributed by atoms with Crippen LogP contribution in [-0.2, 0) is 11.2 Å². The lowest BCUT2D eigenvalue weighted by atomic mass is 10.1. The van der Waals surface area contributed by atoms with Crippen LogP contribution in [0.1, 0.15) is 18.9 Å². The molecular weight excluding hydrogens is 229 g/mol. The van der Waals surface area contributed by atoms with E-state index in [1.165, 1.54) is 12.1 Å². The average Bonchev–Trinajstić information content (AvgIpc) is 2.23. The fourth-order valence-electron chi connectivity index (χ4n) is 1.41. The predicted molar refractivity (Wildman–Crippen MR) is 64.2 cm³/mol. The summed E-state index contributed by atoms with van der Waals surface area (Å²) >= 11 is 5.90. The molecule has 90 valence electrons. The van der Waals surface area contributed by atoms with E-state index in [-0.39, 0.29) is 11.9 Å². The van der Waals surface area contributed by atoms with E-state index in [2.05, 4.69) is 0 Å². The van der Waals surface area contributed by atoms with Gasteiger partial charge in [-0.15, -0.1) is 0 Å². The lowest BCUT2D eigenvalue weighted by Crippen LogP contribution is -2.29. The van der Waals surface area contributed by atoms with Gasteiger partial charge < -0.3 is 10.5 Å². The Bertz CT molecular complexity index is 333. The maximum Gasteiger partial charge on any atom is 0.124 e. The van der Waals surface area contributed by atoms with Gasteiger partial charge in [0.25, 0.3) is 0 Å². The average molecular weight is 246 g/mol. The van der Waals surface area contributed by atoms with Gasteiger partial charge in [0, 0.05) is 17.7 Å². The lowest BCUT2D eigenvalue weighted by molar-refractivity contribution is 0.121. The molecule has 1 aromatic carbocycles. The standard InChI is InChI=1S/C12H17ClFNO/c1-2-5-16-8-11(15)6-9-3-4-10(14)7-12(9)13/h3-4,7,11H,2,5-6,8,15H2,1H3. The number of ether oxygens (including phenoxy) is 1. The number of halogens is 2. The van der Waals surface area contributed by atoms with Crippen molar-refractivity contribution in [3.63, 3.8) is 0 Å². The van der Waals surface area contributed by atoms with E-state index in [0.29, 0.717) is 24.7 Å². The van der Waals surface area contributed by atoms with Crippen molar-refractivity contribution in [2.24, 2.45) is 5.73 Å². The van der Waals surface area contributed by atoms with E-state index in [9.17, 15) is 4.39 Å². The van der Waals surface area contributed by atoms with E-state index in [0.717, 1.165) is 12.0 Å². The van der Waals surface area contributed by atoms with Gasteiger partial charge in [0.05, 0.1) is 6.61 Å². The highest BCUT2D eigenvalue weighted by Crippen LogP contribution is 2.18. The lowest BCUT2D eigenvalue weighted by Gasteiger charge is -2.12. The minimum atomic E-state index is -0.329. The molecule has 0 spiro atoms. The second-order valence-corrected chi connectivity index (χ2v) is 4.18. The van der Waals surface area contributed by atoms with Crippen molar-refractivity contribution in [3.8, 4) is 0 Å². The largest absolute Gasteiger partial charge is 0.380 e. The summed E-state index contributed by atoms with van der Waals surface area (Å²) in [6.45, 7) is 3.26. The topological polar surface area (TPSA) is 35.2 Å². The van der Waals surface area contributed by atoms with Crippen molar-refractivity contribution in [2.45, 2.75) is 25.8 Å². The quantitative estimate of drug-likeness (QED) is 0.783. The van der Waals surface area contributed by atoms with Crippen LogP contribution in [0, 0.1) is 5.82 Å². The molecule has 16 heavy (non-hydrogen) atoms. The van der Waals surface area contributed by atoms with Crippen LogP contribution in [0.2, 0.25) is 5.02 Å². The highest BCUT2D eigenvalue weighted by molar-refractivity contribution is 6.31. The monoisotopic (exact) mass is 245 g/mol. The fraction of sp³-hybridized carbons (Fsp3) is 0.500. The van der Waals surface area contributed by atoms with Crippen LogP contribution in [0.5, 0.6) is 0 Å². The first kappa shape index (κ1) is 13.4. The molecule has 1 aromatic rings. The van der Waals surface area contributed by atoms with Crippen LogP contribution < -0.4 is 5.73 Å². The van der Waals surface area contributed by atoms with Crippen LogP contribution >= 0.6 is 11.6 Å². The SMILES string of the molecule is CCCOCC(N)Cc1ccc(F)cc1Cl. The molecular formula is C12H17ClFNO. The molecule has 2 N–H and O–H groups in total. The van der Waals surface area contributed by atoms with Gasteiger partial charge in [0.15, 0.2) is 0 Å². The molecule has 0 amide bonds. The Labute approximate surface area is 101 Å². The molecule has 0 fully saturated rings. The van der Waals surface area contributed by atoms with Crippen molar-refractivity contribution in [2.75, 3.05) is 13.2 Å². The maximum absolute atomic E-state index is 12.8. The molecule has 4 heteroatoms. The van der Waals surface area contributed by atoms with E-state index in [1.54, 1.807) is 6.07 Å². The third-order valence-corrected chi connectivity index (χ3v) is 2.53. The summed E-state index contributed by atoms with van der Waals surface area (Å²) in [5.41, 5.74) is 6.73. The van der Waals surface area contributed by atoms with Crippen LogP contribution in [-0.4, -0.2) is 19.3 Å². The second-order valence-electron chi connectivity index (χ2n) is 3.77. The van der Waals surface area contributed by atoms with Crippen LogP contribution in [0.4, 0.5) is 4.39 Å². The molecule has 1 unspecified atom stereocenters. The van der Waals surface area contributed by atoms with Crippen LogP contribution in [0.15, 0.2) is 18.2 Å². The second kappa shape index (κ2) is 6.84. The van der Waals surface area contributed by atoms with E-state index in [4.69, 9.17) is 22.1 Å². The Morgan fingerprint density at radius 2 is 2.25 bits per heavy atom. The van der Waals surface area contributed by atoms with Gasteiger partial charge in [0.2, 0.25) is 0 Å². The summed E-state index contributed by atoms with van der Waals surface area (Å²) in [5, 5.41) is 0.422. The summed E-state index contributed by atoms with van der Waals surface area (Å²) in [4.78, 5) is 0. The zero-order chi connectivity index (χ0) is 12.0. The molecule has 1 rings (SSSR count). The molecule has 1 atom stereocenters. The minimum absolute atomic E-state index is 0.102. The van der Waals surface area contributed by atoms with Crippen LogP contribution in [0.3, 0.4) is 0 Å². The number of rotatable bonds is 6. The smallest absolute Gasteiger partial charge is 0.124 e. The summed E-state index contributed by atoms with van der Waals surface area (Å²) in [6, 6.07) is 4.25. The Hall–Kier alpha value is -0.640. The Morgan fingerprint density at radius 1 is 1.50 bits per heavy atom. The van der Waals surface area contributed by atoms with Crippen molar-refractivity contribution in [1.29, 1.82) is 0 Å². The van der Waals surface area contributed by atoms with Gasteiger partial charge in [-0.05, 0) is 30.5 Å². The molecule has 0 bridgehead atoms.